The molecule has 0 amide bonds. The summed E-state index contributed by atoms with van der Waals surface area (Å²) in [7, 11) is 1.57. The van der Waals surface area contributed by atoms with Crippen molar-refractivity contribution in [3.8, 4) is 5.88 Å². The summed E-state index contributed by atoms with van der Waals surface area (Å²) in [6.45, 7) is 0.727. The molecule has 6 heteroatoms. The Morgan fingerprint density at radius 3 is 3.20 bits per heavy atom. The zero-order valence-electron chi connectivity index (χ0n) is 11.6. The van der Waals surface area contributed by atoms with Gasteiger partial charge in [-0.15, -0.1) is 0 Å². The van der Waals surface area contributed by atoms with Crippen LogP contribution in [0.4, 0.5) is 0 Å². The first-order valence-electron chi connectivity index (χ1n) is 6.98. The summed E-state index contributed by atoms with van der Waals surface area (Å²) in [6, 6.07) is 1.72. The maximum atomic E-state index is 10.6. The van der Waals surface area contributed by atoms with Crippen molar-refractivity contribution in [2.45, 2.75) is 31.0 Å². The highest BCUT2D eigenvalue weighted by Crippen LogP contribution is 2.43. The van der Waals surface area contributed by atoms with E-state index in [1.165, 1.54) is 6.33 Å². The van der Waals surface area contributed by atoms with E-state index in [-0.39, 0.29) is 11.5 Å². The molecule has 0 aliphatic carbocycles. The third-order valence-electron chi connectivity index (χ3n) is 4.22. The largest absolute Gasteiger partial charge is 0.481 e. The van der Waals surface area contributed by atoms with Crippen molar-refractivity contribution in [1.82, 2.24) is 9.97 Å². The first-order chi connectivity index (χ1) is 9.72. The number of hydrogen-bond donors (Lipinski definition) is 1. The lowest BCUT2D eigenvalue weighted by Gasteiger charge is -2.39. The molecule has 2 aliphatic heterocycles. The van der Waals surface area contributed by atoms with Crippen molar-refractivity contribution in [3.63, 3.8) is 0 Å². The number of methoxy groups -OCH3 is 1. The van der Waals surface area contributed by atoms with E-state index in [1.807, 2.05) is 11.8 Å². The number of aliphatic hydroxyl groups excluding tert-OH is 1. The second-order valence-electron chi connectivity index (χ2n) is 5.52. The lowest BCUT2D eigenvalue weighted by molar-refractivity contribution is -0.102. The number of thioether (sulfide) groups is 1. The summed E-state index contributed by atoms with van der Waals surface area (Å²) < 4.78 is 11.1. The molecule has 1 spiro atoms. The molecule has 2 fully saturated rings. The molecular weight excluding hydrogens is 276 g/mol. The molecule has 2 saturated heterocycles. The Kier molecular flexibility index (Phi) is 4.14. The van der Waals surface area contributed by atoms with Gasteiger partial charge >= 0.3 is 0 Å². The van der Waals surface area contributed by atoms with Crippen molar-refractivity contribution in [1.29, 1.82) is 0 Å². The Morgan fingerprint density at radius 1 is 1.55 bits per heavy atom. The Balaban J connectivity index is 1.74. The number of nitrogens with zero attached hydrogens (tertiary/aromatic N) is 2. The highest BCUT2D eigenvalue weighted by Gasteiger charge is 2.42. The minimum atomic E-state index is -0.571. The first-order valence-corrected chi connectivity index (χ1v) is 8.14. The topological polar surface area (TPSA) is 64.5 Å². The maximum absolute atomic E-state index is 10.6. The van der Waals surface area contributed by atoms with Gasteiger partial charge in [0.25, 0.3) is 0 Å². The minimum Gasteiger partial charge on any atom is -0.481 e. The molecule has 1 aromatic rings. The SMILES string of the molecule is COc1cc(C(O)C2CCOC3(CCSC3)C2)ncn1. The number of rotatable bonds is 3. The molecular formula is C14H20N2O3S. The average molecular weight is 296 g/mol. The molecule has 5 nitrogen and oxygen atoms in total. The van der Waals surface area contributed by atoms with Gasteiger partial charge in [-0.05, 0) is 30.9 Å². The molecule has 1 aromatic heterocycles. The smallest absolute Gasteiger partial charge is 0.216 e. The van der Waals surface area contributed by atoms with Crippen molar-refractivity contribution in [2.24, 2.45) is 5.92 Å². The van der Waals surface area contributed by atoms with E-state index in [1.54, 1.807) is 13.2 Å². The minimum absolute atomic E-state index is 0.0221. The first kappa shape index (κ1) is 14.1. The zero-order chi connectivity index (χ0) is 14.0. The van der Waals surface area contributed by atoms with Crippen LogP contribution < -0.4 is 4.74 Å². The lowest BCUT2D eigenvalue weighted by Crippen LogP contribution is -2.41. The van der Waals surface area contributed by atoms with E-state index in [0.717, 1.165) is 37.4 Å². The number of aromatic nitrogens is 2. The van der Waals surface area contributed by atoms with Crippen LogP contribution in [0.2, 0.25) is 0 Å². The van der Waals surface area contributed by atoms with Gasteiger partial charge in [0.2, 0.25) is 5.88 Å². The van der Waals surface area contributed by atoms with Gasteiger partial charge in [0, 0.05) is 18.4 Å². The Bertz CT molecular complexity index is 465. The van der Waals surface area contributed by atoms with Crippen LogP contribution in [0.15, 0.2) is 12.4 Å². The van der Waals surface area contributed by atoms with E-state index < -0.39 is 6.10 Å². The third-order valence-corrected chi connectivity index (χ3v) is 5.44. The summed E-state index contributed by atoms with van der Waals surface area (Å²) in [5, 5.41) is 10.6. The van der Waals surface area contributed by atoms with Gasteiger partial charge in [0.1, 0.15) is 6.33 Å². The fourth-order valence-corrected chi connectivity index (χ4v) is 4.45. The summed E-state index contributed by atoms with van der Waals surface area (Å²) in [5.74, 6) is 2.89. The number of ether oxygens (including phenoxy) is 2. The molecule has 3 atom stereocenters. The fraction of sp³-hybridized carbons (Fsp3) is 0.714. The Hall–Kier alpha value is -0.850. The third kappa shape index (κ3) is 2.77. The second-order valence-corrected chi connectivity index (χ2v) is 6.62. The van der Waals surface area contributed by atoms with Crippen LogP contribution in [0.25, 0.3) is 0 Å². The molecule has 0 saturated carbocycles. The van der Waals surface area contributed by atoms with E-state index in [4.69, 9.17) is 9.47 Å². The van der Waals surface area contributed by atoms with Crippen LogP contribution in [0.1, 0.15) is 31.1 Å². The molecule has 3 rings (SSSR count). The van der Waals surface area contributed by atoms with E-state index in [9.17, 15) is 5.11 Å². The van der Waals surface area contributed by atoms with Gasteiger partial charge in [-0.3, -0.25) is 0 Å². The quantitative estimate of drug-likeness (QED) is 0.918. The second kappa shape index (κ2) is 5.87. The molecule has 1 N–H and O–H groups in total. The predicted octanol–water partition coefficient (Wildman–Crippen LogP) is 1.82. The summed E-state index contributed by atoms with van der Waals surface area (Å²) >= 11 is 1.94. The van der Waals surface area contributed by atoms with Gasteiger partial charge in [0.05, 0.1) is 24.5 Å². The van der Waals surface area contributed by atoms with Crippen LogP contribution in [0.5, 0.6) is 5.88 Å². The normalized spacial score (nSPS) is 31.4. The van der Waals surface area contributed by atoms with Crippen LogP contribution in [0.3, 0.4) is 0 Å². The summed E-state index contributed by atoms with van der Waals surface area (Å²) in [5.41, 5.74) is 0.621. The van der Waals surface area contributed by atoms with Crippen molar-refractivity contribution in [3.05, 3.63) is 18.1 Å². The monoisotopic (exact) mass is 296 g/mol. The van der Waals surface area contributed by atoms with E-state index >= 15 is 0 Å². The van der Waals surface area contributed by atoms with Gasteiger partial charge in [-0.25, -0.2) is 9.97 Å². The number of aliphatic hydroxyl groups is 1. The fourth-order valence-electron chi connectivity index (χ4n) is 3.07. The zero-order valence-corrected chi connectivity index (χ0v) is 12.4. The average Bonchev–Trinajstić information content (AvgIpc) is 2.94. The van der Waals surface area contributed by atoms with Crippen molar-refractivity contribution < 1.29 is 14.6 Å². The van der Waals surface area contributed by atoms with Gasteiger partial charge in [-0.1, -0.05) is 0 Å². The van der Waals surface area contributed by atoms with E-state index in [2.05, 4.69) is 9.97 Å². The molecule has 3 heterocycles. The number of hydrogen-bond acceptors (Lipinski definition) is 6. The van der Waals surface area contributed by atoms with Crippen molar-refractivity contribution >= 4 is 11.8 Å². The Labute approximate surface area is 123 Å². The maximum Gasteiger partial charge on any atom is 0.216 e. The lowest BCUT2D eigenvalue weighted by atomic mass is 9.81. The van der Waals surface area contributed by atoms with Crippen LogP contribution in [0, 0.1) is 5.92 Å². The van der Waals surface area contributed by atoms with Gasteiger partial charge < -0.3 is 14.6 Å². The van der Waals surface area contributed by atoms with Gasteiger partial charge in [0.15, 0.2) is 0 Å². The molecule has 2 aliphatic rings. The highest BCUT2D eigenvalue weighted by molar-refractivity contribution is 7.99. The summed E-state index contributed by atoms with van der Waals surface area (Å²) in [6.07, 6.45) is 3.75. The molecule has 0 aromatic carbocycles. The predicted molar refractivity (Wildman–Crippen MR) is 76.9 cm³/mol. The van der Waals surface area contributed by atoms with Gasteiger partial charge in [-0.2, -0.15) is 11.8 Å². The Morgan fingerprint density at radius 2 is 2.45 bits per heavy atom. The molecule has 20 heavy (non-hydrogen) atoms. The van der Waals surface area contributed by atoms with Crippen LogP contribution >= 0.6 is 11.8 Å². The highest BCUT2D eigenvalue weighted by atomic mass is 32.2. The van der Waals surface area contributed by atoms with E-state index in [0.29, 0.717) is 11.6 Å². The standard InChI is InChI=1S/C14H20N2O3S/c1-18-12-6-11(15-9-16-12)13(17)10-2-4-19-14(7-10)3-5-20-8-14/h6,9-10,13,17H,2-5,7-8H2,1H3. The molecule has 3 unspecified atom stereocenters. The van der Waals surface area contributed by atoms with Crippen LogP contribution in [-0.4, -0.2) is 45.9 Å². The summed E-state index contributed by atoms with van der Waals surface area (Å²) in [4.78, 5) is 8.17. The molecule has 0 radical (unpaired) electrons. The van der Waals surface area contributed by atoms with Crippen molar-refractivity contribution in [2.75, 3.05) is 25.2 Å². The molecule has 110 valence electrons. The van der Waals surface area contributed by atoms with Crippen LogP contribution in [-0.2, 0) is 4.74 Å². The molecule has 0 bridgehead atoms.